The van der Waals surface area contributed by atoms with E-state index in [9.17, 15) is 0 Å². The quantitative estimate of drug-likeness (QED) is 0.821. The zero-order valence-corrected chi connectivity index (χ0v) is 9.82. The number of rotatable bonds is 3. The fraction of sp³-hybridized carbons (Fsp3) is 0.667. The molecule has 2 rings (SSSR count). The number of nitrogens with zero attached hydrogens (tertiary/aromatic N) is 2. The standard InChI is InChI=1S/C12H20N4/c1-2-9-5-3-4-6-11(9)16-12-10(13)7-14-8-15-12/h7-9,11H,2-6,13H2,1H3,(H,14,15,16). The van der Waals surface area contributed by atoms with Crippen molar-refractivity contribution in [3.63, 3.8) is 0 Å². The molecule has 0 amide bonds. The summed E-state index contributed by atoms with van der Waals surface area (Å²) < 4.78 is 0. The molecule has 16 heavy (non-hydrogen) atoms. The van der Waals surface area contributed by atoms with Crippen LogP contribution in [0.4, 0.5) is 11.5 Å². The van der Waals surface area contributed by atoms with E-state index in [0.717, 1.165) is 11.7 Å². The lowest BCUT2D eigenvalue weighted by Crippen LogP contribution is -2.32. The van der Waals surface area contributed by atoms with Gasteiger partial charge in [-0.15, -0.1) is 0 Å². The minimum atomic E-state index is 0.524. The lowest BCUT2D eigenvalue weighted by molar-refractivity contribution is 0.317. The normalized spacial score (nSPS) is 25.3. The van der Waals surface area contributed by atoms with E-state index in [1.165, 1.54) is 32.1 Å². The lowest BCUT2D eigenvalue weighted by Gasteiger charge is -2.32. The molecule has 1 fully saturated rings. The topological polar surface area (TPSA) is 63.8 Å². The van der Waals surface area contributed by atoms with Crippen LogP contribution in [0.15, 0.2) is 12.5 Å². The molecule has 1 aliphatic carbocycles. The predicted molar refractivity (Wildman–Crippen MR) is 66.1 cm³/mol. The number of nitrogens with one attached hydrogen (secondary N) is 1. The summed E-state index contributed by atoms with van der Waals surface area (Å²) in [5.74, 6) is 1.54. The zero-order chi connectivity index (χ0) is 11.4. The van der Waals surface area contributed by atoms with Gasteiger partial charge in [-0.25, -0.2) is 9.97 Å². The van der Waals surface area contributed by atoms with E-state index in [2.05, 4.69) is 22.2 Å². The van der Waals surface area contributed by atoms with E-state index in [4.69, 9.17) is 5.73 Å². The molecular formula is C12H20N4. The van der Waals surface area contributed by atoms with Crippen LogP contribution in [0.3, 0.4) is 0 Å². The summed E-state index contributed by atoms with van der Waals surface area (Å²) in [5, 5.41) is 3.47. The third kappa shape index (κ3) is 2.43. The van der Waals surface area contributed by atoms with Gasteiger partial charge in [0.05, 0.1) is 11.9 Å². The highest BCUT2D eigenvalue weighted by Gasteiger charge is 2.24. The summed E-state index contributed by atoms with van der Waals surface area (Å²) in [4.78, 5) is 8.09. The summed E-state index contributed by atoms with van der Waals surface area (Å²) in [7, 11) is 0. The molecule has 0 bridgehead atoms. The minimum absolute atomic E-state index is 0.524. The number of nitrogen functional groups attached to an aromatic ring is 1. The van der Waals surface area contributed by atoms with Crippen molar-refractivity contribution in [3.8, 4) is 0 Å². The average molecular weight is 220 g/mol. The van der Waals surface area contributed by atoms with Crippen LogP contribution in [-0.4, -0.2) is 16.0 Å². The highest BCUT2D eigenvalue weighted by atomic mass is 15.1. The van der Waals surface area contributed by atoms with Crippen LogP contribution >= 0.6 is 0 Å². The molecular weight excluding hydrogens is 200 g/mol. The van der Waals surface area contributed by atoms with Crippen molar-refractivity contribution < 1.29 is 0 Å². The Kier molecular flexibility index (Phi) is 3.59. The van der Waals surface area contributed by atoms with E-state index in [-0.39, 0.29) is 0 Å². The first kappa shape index (κ1) is 11.2. The Balaban J connectivity index is 2.05. The highest BCUT2D eigenvalue weighted by Crippen LogP contribution is 2.29. The van der Waals surface area contributed by atoms with Crippen LogP contribution in [0.1, 0.15) is 39.0 Å². The van der Waals surface area contributed by atoms with Crippen LogP contribution in [0.5, 0.6) is 0 Å². The van der Waals surface area contributed by atoms with Crippen LogP contribution < -0.4 is 11.1 Å². The van der Waals surface area contributed by atoms with Crippen LogP contribution in [-0.2, 0) is 0 Å². The van der Waals surface area contributed by atoms with Crippen molar-refractivity contribution in [1.82, 2.24) is 9.97 Å². The van der Waals surface area contributed by atoms with Gasteiger partial charge in [0.1, 0.15) is 6.33 Å². The smallest absolute Gasteiger partial charge is 0.152 e. The van der Waals surface area contributed by atoms with E-state index in [1.807, 2.05) is 0 Å². The largest absolute Gasteiger partial charge is 0.394 e. The first-order valence-corrected chi connectivity index (χ1v) is 6.13. The molecule has 4 nitrogen and oxygen atoms in total. The molecule has 3 N–H and O–H groups in total. The van der Waals surface area contributed by atoms with Crippen LogP contribution in [0.25, 0.3) is 0 Å². The fourth-order valence-corrected chi connectivity index (χ4v) is 2.52. The van der Waals surface area contributed by atoms with Gasteiger partial charge in [-0.05, 0) is 18.8 Å². The zero-order valence-electron chi connectivity index (χ0n) is 9.82. The summed E-state index contributed by atoms with van der Waals surface area (Å²) in [6.07, 6.45) is 9.63. The minimum Gasteiger partial charge on any atom is -0.394 e. The molecule has 2 atom stereocenters. The Bertz CT molecular complexity index is 340. The first-order valence-electron chi connectivity index (χ1n) is 6.13. The fourth-order valence-electron chi connectivity index (χ4n) is 2.52. The van der Waals surface area contributed by atoms with Crippen LogP contribution in [0, 0.1) is 5.92 Å². The van der Waals surface area contributed by atoms with Crippen LogP contribution in [0.2, 0.25) is 0 Å². The van der Waals surface area contributed by atoms with Crippen molar-refractivity contribution in [3.05, 3.63) is 12.5 Å². The van der Waals surface area contributed by atoms with Crippen molar-refractivity contribution >= 4 is 11.5 Å². The first-order chi connectivity index (χ1) is 7.81. The number of nitrogens with two attached hydrogens (primary N) is 1. The van der Waals surface area contributed by atoms with Gasteiger partial charge in [-0.2, -0.15) is 0 Å². The second-order valence-electron chi connectivity index (χ2n) is 4.53. The van der Waals surface area contributed by atoms with Crippen molar-refractivity contribution in [2.24, 2.45) is 5.92 Å². The summed E-state index contributed by atoms with van der Waals surface area (Å²) in [5.41, 5.74) is 6.48. The maximum atomic E-state index is 5.84. The lowest BCUT2D eigenvalue weighted by atomic mass is 9.83. The van der Waals surface area contributed by atoms with E-state index in [1.54, 1.807) is 12.5 Å². The van der Waals surface area contributed by atoms with Gasteiger partial charge in [0.15, 0.2) is 5.82 Å². The molecule has 4 heteroatoms. The summed E-state index contributed by atoms with van der Waals surface area (Å²) in [6.45, 7) is 2.26. The van der Waals surface area contributed by atoms with Gasteiger partial charge in [0, 0.05) is 6.04 Å². The molecule has 1 aromatic rings. The number of anilines is 2. The van der Waals surface area contributed by atoms with E-state index >= 15 is 0 Å². The monoisotopic (exact) mass is 220 g/mol. The Morgan fingerprint density at radius 2 is 2.25 bits per heavy atom. The predicted octanol–water partition coefficient (Wildman–Crippen LogP) is 2.44. The van der Waals surface area contributed by atoms with E-state index in [0.29, 0.717) is 11.7 Å². The Labute approximate surface area is 96.7 Å². The van der Waals surface area contributed by atoms with Gasteiger partial charge in [0.2, 0.25) is 0 Å². The maximum absolute atomic E-state index is 5.84. The molecule has 2 unspecified atom stereocenters. The van der Waals surface area contributed by atoms with Gasteiger partial charge in [0.25, 0.3) is 0 Å². The molecule has 1 aromatic heterocycles. The molecule has 0 radical (unpaired) electrons. The third-order valence-electron chi connectivity index (χ3n) is 3.50. The molecule has 1 saturated carbocycles. The van der Waals surface area contributed by atoms with Gasteiger partial charge in [-0.3, -0.25) is 0 Å². The molecule has 88 valence electrons. The second-order valence-corrected chi connectivity index (χ2v) is 4.53. The molecule has 0 saturated heterocycles. The van der Waals surface area contributed by atoms with Crippen molar-refractivity contribution in [2.75, 3.05) is 11.1 Å². The molecule has 1 heterocycles. The van der Waals surface area contributed by atoms with Gasteiger partial charge in [-0.1, -0.05) is 26.2 Å². The van der Waals surface area contributed by atoms with E-state index < -0.39 is 0 Å². The Morgan fingerprint density at radius 3 is 3.00 bits per heavy atom. The highest BCUT2D eigenvalue weighted by molar-refractivity contribution is 5.59. The van der Waals surface area contributed by atoms with Crippen molar-refractivity contribution in [2.45, 2.75) is 45.1 Å². The average Bonchev–Trinajstić information content (AvgIpc) is 2.33. The van der Waals surface area contributed by atoms with Gasteiger partial charge >= 0.3 is 0 Å². The third-order valence-corrected chi connectivity index (χ3v) is 3.50. The summed E-state index contributed by atoms with van der Waals surface area (Å²) in [6, 6.07) is 0.524. The number of hydrogen-bond donors (Lipinski definition) is 2. The maximum Gasteiger partial charge on any atom is 0.152 e. The molecule has 0 aliphatic heterocycles. The molecule has 1 aliphatic rings. The summed E-state index contributed by atoms with van der Waals surface area (Å²) >= 11 is 0. The Hall–Kier alpha value is -1.32. The number of hydrogen-bond acceptors (Lipinski definition) is 4. The van der Waals surface area contributed by atoms with Crippen molar-refractivity contribution in [1.29, 1.82) is 0 Å². The Morgan fingerprint density at radius 1 is 1.44 bits per heavy atom. The second kappa shape index (κ2) is 5.14. The molecule has 0 spiro atoms. The number of aromatic nitrogens is 2. The SMILES string of the molecule is CCC1CCCCC1Nc1ncncc1N. The molecule has 0 aromatic carbocycles. The van der Waals surface area contributed by atoms with Gasteiger partial charge < -0.3 is 11.1 Å².